The largest absolute Gasteiger partial charge is 0.384 e. The normalized spacial score (nSPS) is 10.9. The molecule has 0 atom stereocenters. The zero-order chi connectivity index (χ0) is 18.7. The minimum Gasteiger partial charge on any atom is -0.384 e. The molecule has 136 valence electrons. The maximum Gasteiger partial charge on any atom is 0.262 e. The van der Waals surface area contributed by atoms with Crippen molar-refractivity contribution >= 4 is 27.9 Å². The molecular formula is C19H22N4O2S. The van der Waals surface area contributed by atoms with Gasteiger partial charge in [0.1, 0.15) is 0 Å². The zero-order valence-electron chi connectivity index (χ0n) is 15.1. The van der Waals surface area contributed by atoms with Gasteiger partial charge in [0.2, 0.25) is 0 Å². The van der Waals surface area contributed by atoms with E-state index in [1.165, 1.54) is 11.3 Å². The number of aryl methyl sites for hydroxylation is 2. The Balaban J connectivity index is 1.75. The van der Waals surface area contributed by atoms with Gasteiger partial charge in [0.15, 0.2) is 4.96 Å². The molecule has 2 N–H and O–H groups in total. The Morgan fingerprint density at radius 1 is 1.31 bits per heavy atom. The molecule has 0 saturated heterocycles. The molecule has 0 aliphatic heterocycles. The number of amides is 1. The summed E-state index contributed by atoms with van der Waals surface area (Å²) in [5.74, 6) is -0.0863. The summed E-state index contributed by atoms with van der Waals surface area (Å²) < 4.78 is 1.59. The van der Waals surface area contributed by atoms with E-state index in [-0.39, 0.29) is 11.5 Å². The Labute approximate surface area is 155 Å². The summed E-state index contributed by atoms with van der Waals surface area (Å²) >= 11 is 1.45. The quantitative estimate of drug-likeness (QED) is 0.700. The van der Waals surface area contributed by atoms with Crippen molar-refractivity contribution in [2.45, 2.75) is 27.2 Å². The second kappa shape index (κ2) is 7.70. The number of anilines is 1. The van der Waals surface area contributed by atoms with Crippen molar-refractivity contribution in [3.05, 3.63) is 62.5 Å². The molecule has 1 amide bonds. The molecule has 7 heteroatoms. The molecule has 2 aromatic heterocycles. The highest BCUT2D eigenvalue weighted by Crippen LogP contribution is 2.17. The van der Waals surface area contributed by atoms with Crippen molar-refractivity contribution in [1.82, 2.24) is 14.7 Å². The third-order valence-corrected chi connectivity index (χ3v) is 5.05. The van der Waals surface area contributed by atoms with Crippen LogP contribution in [-0.4, -0.2) is 28.4 Å². The number of fused-ring (bicyclic) bond motifs is 1. The SMILES string of the molecule is CCNC(=O)c1ccc(C)c(NCCc2c(C)nc3sccn3c2=O)c1. The lowest BCUT2D eigenvalue weighted by molar-refractivity contribution is 0.0956. The van der Waals surface area contributed by atoms with E-state index in [0.717, 1.165) is 21.9 Å². The molecule has 26 heavy (non-hydrogen) atoms. The number of hydrogen-bond donors (Lipinski definition) is 2. The van der Waals surface area contributed by atoms with Crippen molar-refractivity contribution in [3.8, 4) is 0 Å². The van der Waals surface area contributed by atoms with Gasteiger partial charge in [-0.2, -0.15) is 0 Å². The van der Waals surface area contributed by atoms with Crippen LogP contribution in [0.3, 0.4) is 0 Å². The lowest BCUT2D eigenvalue weighted by Gasteiger charge is -2.12. The first-order valence-electron chi connectivity index (χ1n) is 8.59. The highest BCUT2D eigenvalue weighted by molar-refractivity contribution is 7.15. The predicted octanol–water partition coefficient (Wildman–Crippen LogP) is 2.78. The molecule has 1 aromatic carbocycles. The van der Waals surface area contributed by atoms with Crippen LogP contribution in [0.5, 0.6) is 0 Å². The van der Waals surface area contributed by atoms with Crippen LogP contribution in [-0.2, 0) is 6.42 Å². The molecular weight excluding hydrogens is 348 g/mol. The van der Waals surface area contributed by atoms with E-state index in [1.807, 2.05) is 44.4 Å². The average molecular weight is 370 g/mol. The summed E-state index contributed by atoms with van der Waals surface area (Å²) in [7, 11) is 0. The average Bonchev–Trinajstić information content (AvgIpc) is 3.08. The summed E-state index contributed by atoms with van der Waals surface area (Å²) in [6, 6.07) is 5.59. The number of benzene rings is 1. The molecule has 2 heterocycles. The van der Waals surface area contributed by atoms with Crippen LogP contribution in [0, 0.1) is 13.8 Å². The standard InChI is InChI=1S/C19H22N4O2S/c1-4-20-17(24)14-6-5-12(2)16(11-14)21-8-7-15-13(3)22-19-23(18(15)25)9-10-26-19/h5-6,9-11,21H,4,7-8H2,1-3H3,(H,20,24). The van der Waals surface area contributed by atoms with Crippen LogP contribution >= 0.6 is 11.3 Å². The topological polar surface area (TPSA) is 75.5 Å². The maximum atomic E-state index is 12.6. The second-order valence-corrected chi connectivity index (χ2v) is 6.98. The fraction of sp³-hybridized carbons (Fsp3) is 0.316. The minimum atomic E-state index is -0.0863. The van der Waals surface area contributed by atoms with Gasteiger partial charge in [-0.25, -0.2) is 4.98 Å². The Bertz CT molecular complexity index is 1010. The molecule has 0 radical (unpaired) electrons. The first kappa shape index (κ1) is 18.1. The van der Waals surface area contributed by atoms with E-state index in [9.17, 15) is 9.59 Å². The van der Waals surface area contributed by atoms with E-state index >= 15 is 0 Å². The highest BCUT2D eigenvalue weighted by Gasteiger charge is 2.11. The van der Waals surface area contributed by atoms with Crippen molar-refractivity contribution in [2.75, 3.05) is 18.4 Å². The van der Waals surface area contributed by atoms with Crippen LogP contribution in [0.15, 0.2) is 34.6 Å². The summed E-state index contributed by atoms with van der Waals surface area (Å²) in [5, 5.41) is 8.01. The Morgan fingerprint density at radius 2 is 2.12 bits per heavy atom. The second-order valence-electron chi connectivity index (χ2n) is 6.10. The van der Waals surface area contributed by atoms with Crippen LogP contribution < -0.4 is 16.2 Å². The number of nitrogens with one attached hydrogen (secondary N) is 2. The van der Waals surface area contributed by atoms with E-state index in [1.54, 1.807) is 10.6 Å². The molecule has 3 rings (SSSR count). The van der Waals surface area contributed by atoms with Crippen molar-refractivity contribution in [1.29, 1.82) is 0 Å². The molecule has 0 saturated carbocycles. The third kappa shape index (κ3) is 3.62. The van der Waals surface area contributed by atoms with Gasteiger partial charge in [-0.15, -0.1) is 11.3 Å². The predicted molar refractivity (Wildman–Crippen MR) is 105 cm³/mol. The molecule has 0 aliphatic carbocycles. The molecule has 0 bridgehead atoms. The Morgan fingerprint density at radius 3 is 2.88 bits per heavy atom. The fourth-order valence-electron chi connectivity index (χ4n) is 2.84. The molecule has 0 fully saturated rings. The molecule has 3 aromatic rings. The summed E-state index contributed by atoms with van der Waals surface area (Å²) in [6.07, 6.45) is 2.33. The third-order valence-electron chi connectivity index (χ3n) is 4.29. The Kier molecular flexibility index (Phi) is 5.37. The van der Waals surface area contributed by atoms with Crippen molar-refractivity contribution in [2.24, 2.45) is 0 Å². The smallest absolute Gasteiger partial charge is 0.262 e. The van der Waals surface area contributed by atoms with Gasteiger partial charge in [0, 0.05) is 47.2 Å². The minimum absolute atomic E-state index is 0.0108. The van der Waals surface area contributed by atoms with Crippen LogP contribution in [0.2, 0.25) is 0 Å². The number of carbonyl (C=O) groups is 1. The zero-order valence-corrected chi connectivity index (χ0v) is 15.9. The van der Waals surface area contributed by atoms with Crippen LogP contribution in [0.4, 0.5) is 5.69 Å². The van der Waals surface area contributed by atoms with E-state index in [0.29, 0.717) is 30.6 Å². The Hall–Kier alpha value is -2.67. The highest BCUT2D eigenvalue weighted by atomic mass is 32.1. The van der Waals surface area contributed by atoms with Gasteiger partial charge in [-0.05, 0) is 44.9 Å². The van der Waals surface area contributed by atoms with E-state index < -0.39 is 0 Å². The monoisotopic (exact) mass is 370 g/mol. The van der Waals surface area contributed by atoms with Crippen molar-refractivity contribution in [3.63, 3.8) is 0 Å². The number of nitrogens with zero attached hydrogens (tertiary/aromatic N) is 2. The summed E-state index contributed by atoms with van der Waals surface area (Å²) in [4.78, 5) is 29.8. The fourth-order valence-corrected chi connectivity index (χ4v) is 3.60. The maximum absolute atomic E-state index is 12.6. The van der Waals surface area contributed by atoms with Gasteiger partial charge >= 0.3 is 0 Å². The van der Waals surface area contributed by atoms with Gasteiger partial charge in [-0.3, -0.25) is 14.0 Å². The molecule has 0 aliphatic rings. The van der Waals surface area contributed by atoms with Crippen LogP contribution in [0.25, 0.3) is 4.96 Å². The molecule has 0 unspecified atom stereocenters. The molecule has 6 nitrogen and oxygen atoms in total. The van der Waals surface area contributed by atoms with Gasteiger partial charge in [0.25, 0.3) is 11.5 Å². The number of aromatic nitrogens is 2. The van der Waals surface area contributed by atoms with E-state index in [2.05, 4.69) is 15.6 Å². The number of hydrogen-bond acceptors (Lipinski definition) is 5. The number of rotatable bonds is 6. The lowest BCUT2D eigenvalue weighted by atomic mass is 10.1. The number of carbonyl (C=O) groups excluding carboxylic acids is 1. The first-order chi connectivity index (χ1) is 12.5. The van der Waals surface area contributed by atoms with Crippen LogP contribution in [0.1, 0.15) is 34.1 Å². The van der Waals surface area contributed by atoms with Gasteiger partial charge in [-0.1, -0.05) is 6.07 Å². The first-order valence-corrected chi connectivity index (χ1v) is 9.47. The van der Waals surface area contributed by atoms with Gasteiger partial charge < -0.3 is 10.6 Å². The molecule has 0 spiro atoms. The van der Waals surface area contributed by atoms with Crippen molar-refractivity contribution < 1.29 is 4.79 Å². The van der Waals surface area contributed by atoms with Gasteiger partial charge in [0.05, 0.1) is 0 Å². The summed E-state index contributed by atoms with van der Waals surface area (Å²) in [5.41, 5.74) is 4.05. The van der Waals surface area contributed by atoms with E-state index in [4.69, 9.17) is 0 Å². The summed E-state index contributed by atoms with van der Waals surface area (Å²) in [6.45, 7) is 6.94. The number of thiazole rings is 1. The lowest BCUT2D eigenvalue weighted by Crippen LogP contribution is -2.23.